The molecule has 2 aromatic rings. The van der Waals surface area contributed by atoms with Crippen molar-refractivity contribution >= 4 is 18.1 Å². The third-order valence-electron chi connectivity index (χ3n) is 5.04. The quantitative estimate of drug-likeness (QED) is 0.255. The monoisotopic (exact) mass is 513 g/mol. The zero-order valence-electron chi connectivity index (χ0n) is 19.0. The third kappa shape index (κ3) is 9.31. The van der Waals surface area contributed by atoms with E-state index in [0.717, 1.165) is 69.1 Å². The van der Waals surface area contributed by atoms with Gasteiger partial charge in [-0.1, -0.05) is 38.8 Å². The normalized spacial score (nSPS) is 13.0. The molecule has 0 fully saturated rings. The molecule has 0 aliphatic rings. The number of aliphatic hydroxyl groups excluding tert-OH is 1. The molecular formula is C23H30ClF6N3O. The van der Waals surface area contributed by atoms with Gasteiger partial charge in [0.1, 0.15) is 11.9 Å². The second kappa shape index (κ2) is 13.2. The SMILES string of the molecule is CCCCN(CCCC)CC(O)Nc1cc(-c2ccc(C(F)(F)F)cc2)nc(C(F)(F)F)c1.Cl. The van der Waals surface area contributed by atoms with E-state index in [-0.39, 0.29) is 35.9 Å². The van der Waals surface area contributed by atoms with Crippen LogP contribution in [0.25, 0.3) is 11.3 Å². The van der Waals surface area contributed by atoms with Crippen molar-refractivity contribution in [3.8, 4) is 11.3 Å². The number of aromatic nitrogens is 1. The second-order valence-corrected chi connectivity index (χ2v) is 7.87. The molecule has 0 aliphatic carbocycles. The van der Waals surface area contributed by atoms with Crippen molar-refractivity contribution in [2.75, 3.05) is 25.0 Å². The Morgan fingerprint density at radius 2 is 1.47 bits per heavy atom. The highest BCUT2D eigenvalue weighted by atomic mass is 35.5. The van der Waals surface area contributed by atoms with E-state index in [0.29, 0.717) is 0 Å². The van der Waals surface area contributed by atoms with Crippen LogP contribution in [0.1, 0.15) is 50.8 Å². The molecule has 0 spiro atoms. The van der Waals surface area contributed by atoms with Gasteiger partial charge in [-0.15, -0.1) is 12.4 Å². The van der Waals surface area contributed by atoms with Gasteiger partial charge in [0.05, 0.1) is 11.3 Å². The summed E-state index contributed by atoms with van der Waals surface area (Å²) in [5.74, 6) is 0. The zero-order chi connectivity index (χ0) is 24.6. The van der Waals surface area contributed by atoms with E-state index < -0.39 is 29.8 Å². The maximum atomic E-state index is 13.4. The van der Waals surface area contributed by atoms with Crippen LogP contribution < -0.4 is 5.32 Å². The second-order valence-electron chi connectivity index (χ2n) is 7.87. The van der Waals surface area contributed by atoms with Crippen LogP contribution in [0.3, 0.4) is 0 Å². The number of unbranched alkanes of at least 4 members (excludes halogenated alkanes) is 2. The summed E-state index contributed by atoms with van der Waals surface area (Å²) in [6.07, 6.45) is -6.65. The van der Waals surface area contributed by atoms with Crippen LogP contribution in [0.5, 0.6) is 0 Å². The number of hydrogen-bond donors (Lipinski definition) is 2. The minimum atomic E-state index is -4.77. The Morgan fingerprint density at radius 3 is 1.94 bits per heavy atom. The van der Waals surface area contributed by atoms with E-state index in [9.17, 15) is 31.4 Å². The number of aliphatic hydroxyl groups is 1. The van der Waals surface area contributed by atoms with Gasteiger partial charge in [0.15, 0.2) is 0 Å². The Bertz CT molecular complexity index is 866. The molecule has 0 bridgehead atoms. The molecule has 34 heavy (non-hydrogen) atoms. The molecule has 2 N–H and O–H groups in total. The molecule has 1 heterocycles. The molecule has 1 aromatic carbocycles. The van der Waals surface area contributed by atoms with E-state index in [1.54, 1.807) is 0 Å². The lowest BCUT2D eigenvalue weighted by Crippen LogP contribution is -2.38. The molecule has 11 heteroatoms. The Kier molecular flexibility index (Phi) is 11.6. The molecule has 0 saturated carbocycles. The van der Waals surface area contributed by atoms with Gasteiger partial charge in [0, 0.05) is 17.8 Å². The van der Waals surface area contributed by atoms with Crippen molar-refractivity contribution in [3.05, 3.63) is 47.7 Å². The predicted molar refractivity (Wildman–Crippen MR) is 123 cm³/mol. The fraction of sp³-hybridized carbons (Fsp3) is 0.522. The van der Waals surface area contributed by atoms with Crippen LogP contribution in [0.4, 0.5) is 32.0 Å². The minimum absolute atomic E-state index is 0. The van der Waals surface area contributed by atoms with Crippen LogP contribution in [0.2, 0.25) is 0 Å². The number of rotatable bonds is 11. The van der Waals surface area contributed by atoms with Crippen LogP contribution in [0.15, 0.2) is 36.4 Å². The van der Waals surface area contributed by atoms with Crippen molar-refractivity contribution in [2.24, 2.45) is 0 Å². The average Bonchev–Trinajstić information content (AvgIpc) is 2.74. The van der Waals surface area contributed by atoms with Gasteiger partial charge in [-0.05, 0) is 50.2 Å². The highest BCUT2D eigenvalue weighted by Crippen LogP contribution is 2.34. The topological polar surface area (TPSA) is 48.4 Å². The smallest absolute Gasteiger partial charge is 0.372 e. The molecule has 1 aromatic heterocycles. The lowest BCUT2D eigenvalue weighted by Gasteiger charge is -2.26. The first-order valence-corrected chi connectivity index (χ1v) is 10.9. The first-order chi connectivity index (χ1) is 15.4. The first-order valence-electron chi connectivity index (χ1n) is 10.9. The van der Waals surface area contributed by atoms with Crippen molar-refractivity contribution in [1.29, 1.82) is 0 Å². The van der Waals surface area contributed by atoms with E-state index >= 15 is 0 Å². The molecule has 192 valence electrons. The van der Waals surface area contributed by atoms with Crippen LogP contribution in [0, 0.1) is 0 Å². The molecular weight excluding hydrogens is 484 g/mol. The van der Waals surface area contributed by atoms with Gasteiger partial charge in [-0.25, -0.2) is 4.98 Å². The van der Waals surface area contributed by atoms with E-state index in [4.69, 9.17) is 0 Å². The summed E-state index contributed by atoms with van der Waals surface area (Å²) in [7, 11) is 0. The number of pyridine rings is 1. The standard InChI is InChI=1S/C23H29F6N3O.ClH/c1-3-5-11-32(12-6-4-2)15-21(33)30-18-13-19(31-20(14-18)23(27,28)29)16-7-9-17(10-8-16)22(24,25)26;/h7-10,13-14,21,33H,3-6,11-12,15H2,1-2H3,(H,30,31);1H. The fourth-order valence-electron chi connectivity index (χ4n) is 3.28. The molecule has 1 unspecified atom stereocenters. The number of anilines is 1. The van der Waals surface area contributed by atoms with Crippen molar-refractivity contribution < 1.29 is 31.4 Å². The summed E-state index contributed by atoms with van der Waals surface area (Å²) in [6, 6.07) is 5.78. The third-order valence-corrected chi connectivity index (χ3v) is 5.04. The predicted octanol–water partition coefficient (Wildman–Crippen LogP) is 6.84. The molecule has 0 saturated heterocycles. The summed E-state index contributed by atoms with van der Waals surface area (Å²) in [4.78, 5) is 5.63. The first kappa shape index (κ1) is 30.0. The Hall–Kier alpha value is -2.04. The van der Waals surface area contributed by atoms with Crippen LogP contribution in [-0.4, -0.2) is 40.9 Å². The van der Waals surface area contributed by atoms with Gasteiger partial charge in [0.25, 0.3) is 0 Å². The van der Waals surface area contributed by atoms with Crippen LogP contribution in [-0.2, 0) is 12.4 Å². The number of alkyl halides is 6. The lowest BCUT2D eigenvalue weighted by molar-refractivity contribution is -0.141. The lowest BCUT2D eigenvalue weighted by atomic mass is 10.1. The molecule has 4 nitrogen and oxygen atoms in total. The number of halogens is 7. The van der Waals surface area contributed by atoms with E-state index in [1.165, 1.54) is 6.07 Å². The molecule has 0 aliphatic heterocycles. The Balaban J connectivity index is 0.00000578. The summed E-state index contributed by atoms with van der Waals surface area (Å²) < 4.78 is 78.6. The fourth-order valence-corrected chi connectivity index (χ4v) is 3.28. The van der Waals surface area contributed by atoms with E-state index in [1.807, 2.05) is 18.7 Å². The summed E-state index contributed by atoms with van der Waals surface area (Å²) in [5, 5.41) is 13.2. The summed E-state index contributed by atoms with van der Waals surface area (Å²) >= 11 is 0. The number of nitrogens with one attached hydrogen (secondary N) is 1. The molecule has 0 amide bonds. The summed E-state index contributed by atoms with van der Waals surface area (Å²) in [5.41, 5.74) is -2.19. The van der Waals surface area contributed by atoms with Gasteiger partial charge in [-0.2, -0.15) is 26.3 Å². The molecule has 1 atom stereocenters. The Morgan fingerprint density at radius 1 is 0.912 bits per heavy atom. The molecule has 0 radical (unpaired) electrons. The van der Waals surface area contributed by atoms with Crippen molar-refractivity contribution in [1.82, 2.24) is 9.88 Å². The summed E-state index contributed by atoms with van der Waals surface area (Å²) in [6.45, 7) is 5.84. The van der Waals surface area contributed by atoms with Crippen LogP contribution >= 0.6 is 12.4 Å². The molecule has 2 rings (SSSR count). The Labute approximate surface area is 201 Å². The van der Waals surface area contributed by atoms with Gasteiger partial charge >= 0.3 is 12.4 Å². The van der Waals surface area contributed by atoms with Gasteiger partial charge in [-0.3, -0.25) is 4.90 Å². The van der Waals surface area contributed by atoms with Crippen molar-refractivity contribution in [2.45, 2.75) is 58.1 Å². The van der Waals surface area contributed by atoms with Crippen molar-refractivity contribution in [3.63, 3.8) is 0 Å². The highest BCUT2D eigenvalue weighted by molar-refractivity contribution is 5.85. The average molecular weight is 514 g/mol. The van der Waals surface area contributed by atoms with E-state index in [2.05, 4.69) is 10.3 Å². The number of nitrogens with zero attached hydrogens (tertiary/aromatic N) is 2. The minimum Gasteiger partial charge on any atom is -0.372 e. The van der Waals surface area contributed by atoms with Gasteiger partial charge in [0.2, 0.25) is 0 Å². The number of benzene rings is 1. The maximum absolute atomic E-state index is 13.4. The highest BCUT2D eigenvalue weighted by Gasteiger charge is 2.34. The largest absolute Gasteiger partial charge is 0.433 e. The van der Waals surface area contributed by atoms with Gasteiger partial charge < -0.3 is 10.4 Å². The zero-order valence-corrected chi connectivity index (χ0v) is 19.8. The number of hydrogen-bond acceptors (Lipinski definition) is 4. The maximum Gasteiger partial charge on any atom is 0.433 e.